The standard InChI is InChI=1S/C12H15NS/c1-4-9(2)12(3)13-10-7-5-6-8-11(10)14-12/h4-9,13H,1H2,2-3H3. The average molecular weight is 205 g/mol. The van der Waals surface area contributed by atoms with Gasteiger partial charge in [0.1, 0.15) is 0 Å². The molecule has 1 aliphatic heterocycles. The molecule has 0 saturated carbocycles. The molecule has 2 heteroatoms. The van der Waals surface area contributed by atoms with Gasteiger partial charge >= 0.3 is 0 Å². The van der Waals surface area contributed by atoms with Gasteiger partial charge in [-0.1, -0.05) is 36.9 Å². The minimum absolute atomic E-state index is 0.0609. The van der Waals surface area contributed by atoms with Gasteiger partial charge in [0.05, 0.1) is 4.87 Å². The largest absolute Gasteiger partial charge is 0.369 e. The monoisotopic (exact) mass is 205 g/mol. The highest BCUT2D eigenvalue weighted by atomic mass is 32.2. The number of anilines is 1. The van der Waals surface area contributed by atoms with E-state index in [1.165, 1.54) is 10.6 Å². The maximum atomic E-state index is 3.86. The van der Waals surface area contributed by atoms with Gasteiger partial charge in [0.2, 0.25) is 0 Å². The van der Waals surface area contributed by atoms with E-state index in [0.717, 1.165) is 0 Å². The SMILES string of the molecule is C=CC(C)C1(C)Nc2ccccc2S1. The van der Waals surface area contributed by atoms with E-state index in [0.29, 0.717) is 5.92 Å². The van der Waals surface area contributed by atoms with Gasteiger partial charge in [0.15, 0.2) is 0 Å². The number of hydrogen-bond donors (Lipinski definition) is 1. The lowest BCUT2D eigenvalue weighted by atomic mass is 10.0. The Morgan fingerprint density at radius 3 is 2.86 bits per heavy atom. The molecule has 0 bridgehead atoms. The molecule has 2 rings (SSSR count). The Kier molecular flexibility index (Phi) is 2.31. The smallest absolute Gasteiger partial charge is 0.0912 e. The van der Waals surface area contributed by atoms with Crippen LogP contribution in [0.3, 0.4) is 0 Å². The maximum absolute atomic E-state index is 3.86. The van der Waals surface area contributed by atoms with Crippen LogP contribution in [-0.4, -0.2) is 4.87 Å². The number of hydrogen-bond acceptors (Lipinski definition) is 2. The van der Waals surface area contributed by atoms with E-state index >= 15 is 0 Å². The molecule has 0 saturated heterocycles. The quantitative estimate of drug-likeness (QED) is 0.738. The first kappa shape index (κ1) is 9.66. The van der Waals surface area contributed by atoms with Crippen LogP contribution in [0.4, 0.5) is 5.69 Å². The normalized spacial score (nSPS) is 26.4. The zero-order valence-corrected chi connectivity index (χ0v) is 9.40. The third kappa shape index (κ3) is 1.44. The molecule has 1 heterocycles. The van der Waals surface area contributed by atoms with E-state index in [4.69, 9.17) is 0 Å². The Balaban J connectivity index is 2.30. The zero-order valence-electron chi connectivity index (χ0n) is 8.58. The van der Waals surface area contributed by atoms with Gasteiger partial charge in [-0.15, -0.1) is 6.58 Å². The lowest BCUT2D eigenvalue weighted by Gasteiger charge is -2.29. The molecule has 74 valence electrons. The first-order chi connectivity index (χ1) is 6.65. The number of thioether (sulfide) groups is 1. The van der Waals surface area contributed by atoms with Crippen LogP contribution in [0.2, 0.25) is 0 Å². The molecule has 1 N–H and O–H groups in total. The van der Waals surface area contributed by atoms with Crippen molar-refractivity contribution in [3.8, 4) is 0 Å². The first-order valence-corrected chi connectivity index (χ1v) is 5.66. The number of para-hydroxylation sites is 1. The van der Waals surface area contributed by atoms with E-state index < -0.39 is 0 Å². The maximum Gasteiger partial charge on any atom is 0.0912 e. The number of benzene rings is 1. The number of fused-ring (bicyclic) bond motifs is 1. The van der Waals surface area contributed by atoms with E-state index in [1.807, 2.05) is 17.8 Å². The molecule has 0 radical (unpaired) electrons. The van der Waals surface area contributed by atoms with Gasteiger partial charge in [0, 0.05) is 16.5 Å². The van der Waals surface area contributed by atoms with Gasteiger partial charge in [-0.25, -0.2) is 0 Å². The Labute approximate surface area is 89.6 Å². The van der Waals surface area contributed by atoms with Crippen molar-refractivity contribution in [1.29, 1.82) is 0 Å². The van der Waals surface area contributed by atoms with Gasteiger partial charge in [-0.2, -0.15) is 0 Å². The van der Waals surface area contributed by atoms with Gasteiger partial charge in [0.25, 0.3) is 0 Å². The fourth-order valence-corrected chi connectivity index (χ4v) is 2.89. The highest BCUT2D eigenvalue weighted by Crippen LogP contribution is 2.48. The van der Waals surface area contributed by atoms with E-state index in [2.05, 4.69) is 50.0 Å². The lowest BCUT2D eigenvalue weighted by molar-refractivity contribution is 0.576. The third-order valence-corrected chi connectivity index (χ3v) is 4.29. The molecule has 0 fully saturated rings. The van der Waals surface area contributed by atoms with E-state index in [9.17, 15) is 0 Å². The zero-order chi connectivity index (χ0) is 10.2. The van der Waals surface area contributed by atoms with Crippen molar-refractivity contribution in [2.75, 3.05) is 5.32 Å². The molecule has 1 aromatic carbocycles. The second-order valence-corrected chi connectivity index (χ2v) is 5.35. The number of nitrogens with one attached hydrogen (secondary N) is 1. The summed E-state index contributed by atoms with van der Waals surface area (Å²) in [7, 11) is 0. The molecule has 2 unspecified atom stereocenters. The molecule has 1 nitrogen and oxygen atoms in total. The molecule has 1 aliphatic rings. The molecule has 14 heavy (non-hydrogen) atoms. The fourth-order valence-electron chi connectivity index (χ4n) is 1.61. The Morgan fingerprint density at radius 2 is 2.21 bits per heavy atom. The van der Waals surface area contributed by atoms with Crippen LogP contribution >= 0.6 is 11.8 Å². The molecule has 1 aromatic rings. The summed E-state index contributed by atoms with van der Waals surface area (Å²) in [5.41, 5.74) is 1.24. The highest BCUT2D eigenvalue weighted by Gasteiger charge is 2.36. The summed E-state index contributed by atoms with van der Waals surface area (Å²) in [5.74, 6) is 0.444. The topological polar surface area (TPSA) is 12.0 Å². The van der Waals surface area contributed by atoms with Crippen LogP contribution in [0.1, 0.15) is 13.8 Å². The molecule has 2 atom stereocenters. The van der Waals surface area contributed by atoms with E-state index in [1.54, 1.807) is 0 Å². The Bertz CT molecular complexity index is 334. The van der Waals surface area contributed by atoms with Crippen LogP contribution in [0.15, 0.2) is 41.8 Å². The summed E-state index contributed by atoms with van der Waals surface area (Å²) >= 11 is 1.89. The van der Waals surface area contributed by atoms with Crippen LogP contribution in [-0.2, 0) is 0 Å². The van der Waals surface area contributed by atoms with Crippen molar-refractivity contribution in [2.24, 2.45) is 5.92 Å². The molecule has 0 amide bonds. The molecule has 0 aliphatic carbocycles. The first-order valence-electron chi connectivity index (χ1n) is 4.84. The summed E-state index contributed by atoms with van der Waals surface area (Å²) < 4.78 is 0. The second kappa shape index (κ2) is 3.35. The third-order valence-electron chi connectivity index (χ3n) is 2.81. The Morgan fingerprint density at radius 1 is 1.50 bits per heavy atom. The van der Waals surface area contributed by atoms with Crippen molar-refractivity contribution in [3.63, 3.8) is 0 Å². The molecular weight excluding hydrogens is 190 g/mol. The van der Waals surface area contributed by atoms with E-state index in [-0.39, 0.29) is 4.87 Å². The van der Waals surface area contributed by atoms with Crippen molar-refractivity contribution in [2.45, 2.75) is 23.6 Å². The minimum atomic E-state index is 0.0609. The van der Waals surface area contributed by atoms with Gasteiger partial charge in [-0.3, -0.25) is 0 Å². The molecule has 0 aromatic heterocycles. The second-order valence-electron chi connectivity index (χ2n) is 3.85. The average Bonchev–Trinajstić information content (AvgIpc) is 2.54. The summed E-state index contributed by atoms with van der Waals surface area (Å²) in [6.07, 6.45) is 2.01. The lowest BCUT2D eigenvalue weighted by Crippen LogP contribution is -2.33. The molecular formula is C12H15NS. The summed E-state index contributed by atoms with van der Waals surface area (Å²) in [4.78, 5) is 1.40. The fraction of sp³-hybridized carbons (Fsp3) is 0.333. The van der Waals surface area contributed by atoms with Crippen LogP contribution in [0.5, 0.6) is 0 Å². The molecule has 0 spiro atoms. The van der Waals surface area contributed by atoms with Crippen LogP contribution in [0, 0.1) is 5.92 Å². The minimum Gasteiger partial charge on any atom is -0.369 e. The predicted molar refractivity (Wildman–Crippen MR) is 63.7 cm³/mol. The van der Waals surface area contributed by atoms with Crippen molar-refractivity contribution >= 4 is 17.4 Å². The number of rotatable bonds is 2. The summed E-state index contributed by atoms with van der Waals surface area (Å²) in [6, 6.07) is 8.44. The summed E-state index contributed by atoms with van der Waals surface area (Å²) in [6.45, 7) is 8.28. The van der Waals surface area contributed by atoms with Gasteiger partial charge in [-0.05, 0) is 19.1 Å². The predicted octanol–water partition coefficient (Wildman–Crippen LogP) is 3.74. The summed E-state index contributed by atoms with van der Waals surface area (Å²) in [5, 5.41) is 3.55. The van der Waals surface area contributed by atoms with Crippen molar-refractivity contribution in [3.05, 3.63) is 36.9 Å². The van der Waals surface area contributed by atoms with Crippen molar-refractivity contribution < 1.29 is 0 Å². The van der Waals surface area contributed by atoms with Gasteiger partial charge < -0.3 is 5.32 Å². The van der Waals surface area contributed by atoms with Crippen LogP contribution < -0.4 is 5.32 Å². The van der Waals surface area contributed by atoms with Crippen molar-refractivity contribution in [1.82, 2.24) is 0 Å². The highest BCUT2D eigenvalue weighted by molar-refractivity contribution is 8.01. The van der Waals surface area contributed by atoms with Crippen LogP contribution in [0.25, 0.3) is 0 Å². The Hall–Kier alpha value is -0.890.